The summed E-state index contributed by atoms with van der Waals surface area (Å²) in [6, 6.07) is 10.6. The fourth-order valence-corrected chi connectivity index (χ4v) is 1.90. The highest BCUT2D eigenvalue weighted by Crippen LogP contribution is 2.22. The van der Waals surface area contributed by atoms with Crippen molar-refractivity contribution in [3.05, 3.63) is 63.7 Å². The number of carbonyl (C=O) groups is 1. The molecule has 0 saturated heterocycles. The molecule has 92 valence electrons. The smallest absolute Gasteiger partial charge is 0.193 e. The van der Waals surface area contributed by atoms with Gasteiger partial charge in [0.25, 0.3) is 0 Å². The maximum Gasteiger partial charge on any atom is 0.193 e. The number of nitrogens with two attached hydrogens (primary N) is 1. The number of anilines is 1. The molecule has 0 radical (unpaired) electrons. The van der Waals surface area contributed by atoms with E-state index in [9.17, 15) is 4.79 Å². The number of hydrogen-bond donors (Lipinski definition) is 1. The molecule has 0 heterocycles. The standard InChI is InChI=1S/C15H14ClNO/c1-9-3-4-11(7-10(9)2)15(18)12-5-6-14(17)13(16)8-12/h3-8H,17H2,1-2H3. The number of ketones is 1. The van der Waals surface area contributed by atoms with E-state index in [0.717, 1.165) is 5.56 Å². The lowest BCUT2D eigenvalue weighted by atomic mass is 9.99. The van der Waals surface area contributed by atoms with Crippen molar-refractivity contribution >= 4 is 23.1 Å². The number of carbonyl (C=O) groups excluding carboxylic acids is 1. The van der Waals surface area contributed by atoms with Crippen LogP contribution in [0, 0.1) is 13.8 Å². The van der Waals surface area contributed by atoms with Crippen LogP contribution in [0.15, 0.2) is 36.4 Å². The van der Waals surface area contributed by atoms with Crippen LogP contribution in [0.1, 0.15) is 27.0 Å². The SMILES string of the molecule is Cc1ccc(C(=O)c2ccc(N)c(Cl)c2)cc1C. The first-order valence-corrected chi connectivity index (χ1v) is 6.04. The first-order chi connectivity index (χ1) is 8.49. The number of nitrogen functional groups attached to an aromatic ring is 1. The van der Waals surface area contributed by atoms with E-state index in [4.69, 9.17) is 17.3 Å². The maximum absolute atomic E-state index is 12.3. The van der Waals surface area contributed by atoms with Gasteiger partial charge in [-0.1, -0.05) is 23.7 Å². The molecule has 0 aliphatic carbocycles. The van der Waals surface area contributed by atoms with Crippen molar-refractivity contribution in [1.82, 2.24) is 0 Å². The van der Waals surface area contributed by atoms with Crippen molar-refractivity contribution < 1.29 is 4.79 Å². The monoisotopic (exact) mass is 259 g/mol. The third-order valence-electron chi connectivity index (χ3n) is 3.03. The molecule has 0 bridgehead atoms. The molecule has 0 unspecified atom stereocenters. The van der Waals surface area contributed by atoms with E-state index in [1.807, 2.05) is 32.0 Å². The zero-order valence-corrected chi connectivity index (χ0v) is 11.1. The average Bonchev–Trinajstić information content (AvgIpc) is 2.35. The number of rotatable bonds is 2. The molecule has 0 aliphatic heterocycles. The van der Waals surface area contributed by atoms with Gasteiger partial charge in [-0.05, 0) is 49.2 Å². The Bertz CT molecular complexity index is 566. The summed E-state index contributed by atoms with van der Waals surface area (Å²) in [5, 5.41) is 0.407. The normalized spacial score (nSPS) is 10.4. The molecule has 0 fully saturated rings. The topological polar surface area (TPSA) is 43.1 Å². The molecule has 2 aromatic rings. The van der Waals surface area contributed by atoms with Crippen molar-refractivity contribution in [2.45, 2.75) is 13.8 Å². The van der Waals surface area contributed by atoms with Gasteiger partial charge in [-0.3, -0.25) is 4.79 Å². The predicted octanol–water partition coefficient (Wildman–Crippen LogP) is 3.77. The van der Waals surface area contributed by atoms with Crippen LogP contribution in [0.25, 0.3) is 0 Å². The van der Waals surface area contributed by atoms with Gasteiger partial charge in [0.1, 0.15) is 0 Å². The quantitative estimate of drug-likeness (QED) is 0.659. The third kappa shape index (κ3) is 2.39. The molecule has 0 amide bonds. The zero-order chi connectivity index (χ0) is 13.3. The average molecular weight is 260 g/mol. The first-order valence-electron chi connectivity index (χ1n) is 5.66. The zero-order valence-electron chi connectivity index (χ0n) is 10.3. The predicted molar refractivity (Wildman–Crippen MR) is 75.2 cm³/mol. The van der Waals surface area contributed by atoms with Crippen LogP contribution in [0.2, 0.25) is 5.02 Å². The Morgan fingerprint density at radius 3 is 2.22 bits per heavy atom. The molecular formula is C15H14ClNO. The molecule has 2 rings (SSSR count). The summed E-state index contributed by atoms with van der Waals surface area (Å²) in [7, 11) is 0. The number of hydrogen-bond acceptors (Lipinski definition) is 2. The second kappa shape index (κ2) is 4.83. The van der Waals surface area contributed by atoms with Crippen molar-refractivity contribution in [3.63, 3.8) is 0 Å². The highest BCUT2D eigenvalue weighted by molar-refractivity contribution is 6.33. The summed E-state index contributed by atoms with van der Waals surface area (Å²) in [5.41, 5.74) is 9.59. The molecule has 0 spiro atoms. The summed E-state index contributed by atoms with van der Waals surface area (Å²) in [6.07, 6.45) is 0. The molecule has 2 N–H and O–H groups in total. The van der Waals surface area contributed by atoms with Gasteiger partial charge in [0.15, 0.2) is 5.78 Å². The van der Waals surface area contributed by atoms with Crippen LogP contribution in [-0.2, 0) is 0 Å². The highest BCUT2D eigenvalue weighted by Gasteiger charge is 2.11. The third-order valence-corrected chi connectivity index (χ3v) is 3.36. The van der Waals surface area contributed by atoms with Gasteiger partial charge >= 0.3 is 0 Å². The Hall–Kier alpha value is -1.80. The minimum Gasteiger partial charge on any atom is -0.398 e. The molecule has 0 aromatic heterocycles. The van der Waals surface area contributed by atoms with Crippen molar-refractivity contribution in [2.24, 2.45) is 0 Å². The van der Waals surface area contributed by atoms with Gasteiger partial charge in [-0.15, -0.1) is 0 Å². The molecule has 2 nitrogen and oxygen atoms in total. The summed E-state index contributed by atoms with van der Waals surface area (Å²) in [5.74, 6) is -0.0417. The first kappa shape index (κ1) is 12.7. The van der Waals surface area contributed by atoms with E-state index >= 15 is 0 Å². The summed E-state index contributed by atoms with van der Waals surface area (Å²) < 4.78 is 0. The Balaban J connectivity index is 2.41. The van der Waals surface area contributed by atoms with Gasteiger partial charge in [0.2, 0.25) is 0 Å². The fourth-order valence-electron chi connectivity index (χ4n) is 1.72. The number of aryl methyl sites for hydroxylation is 2. The Labute approximate surface area is 111 Å². The van der Waals surface area contributed by atoms with Crippen LogP contribution < -0.4 is 5.73 Å². The Kier molecular flexibility index (Phi) is 3.39. The van der Waals surface area contributed by atoms with E-state index in [1.54, 1.807) is 18.2 Å². The van der Waals surface area contributed by atoms with Gasteiger partial charge in [-0.2, -0.15) is 0 Å². The van der Waals surface area contributed by atoms with Crippen molar-refractivity contribution in [1.29, 1.82) is 0 Å². The lowest BCUT2D eigenvalue weighted by Gasteiger charge is -2.06. The second-order valence-electron chi connectivity index (χ2n) is 4.36. The minimum absolute atomic E-state index is 0.0417. The van der Waals surface area contributed by atoms with Crippen LogP contribution in [0.4, 0.5) is 5.69 Å². The Morgan fingerprint density at radius 2 is 1.61 bits per heavy atom. The van der Waals surface area contributed by atoms with Gasteiger partial charge in [0, 0.05) is 11.1 Å². The molecule has 3 heteroatoms. The Morgan fingerprint density at radius 1 is 1.00 bits per heavy atom. The molecule has 2 aromatic carbocycles. The second-order valence-corrected chi connectivity index (χ2v) is 4.77. The lowest BCUT2D eigenvalue weighted by Crippen LogP contribution is -2.02. The number of halogens is 1. The molecule has 18 heavy (non-hydrogen) atoms. The fraction of sp³-hybridized carbons (Fsp3) is 0.133. The van der Waals surface area contributed by atoms with Crippen LogP contribution in [0.5, 0.6) is 0 Å². The van der Waals surface area contributed by atoms with Crippen LogP contribution in [-0.4, -0.2) is 5.78 Å². The summed E-state index contributed by atoms with van der Waals surface area (Å²) >= 11 is 5.92. The molecular weight excluding hydrogens is 246 g/mol. The minimum atomic E-state index is -0.0417. The van der Waals surface area contributed by atoms with E-state index in [0.29, 0.717) is 21.8 Å². The summed E-state index contributed by atoms with van der Waals surface area (Å²) in [4.78, 5) is 12.3. The summed E-state index contributed by atoms with van der Waals surface area (Å²) in [6.45, 7) is 4.01. The van der Waals surface area contributed by atoms with Crippen LogP contribution >= 0.6 is 11.6 Å². The highest BCUT2D eigenvalue weighted by atomic mass is 35.5. The molecule has 0 atom stereocenters. The van der Waals surface area contributed by atoms with Crippen molar-refractivity contribution in [2.75, 3.05) is 5.73 Å². The van der Waals surface area contributed by atoms with E-state index in [-0.39, 0.29) is 5.78 Å². The van der Waals surface area contributed by atoms with E-state index in [2.05, 4.69) is 0 Å². The lowest BCUT2D eigenvalue weighted by molar-refractivity contribution is 0.103. The number of benzene rings is 2. The molecule has 0 saturated carbocycles. The largest absolute Gasteiger partial charge is 0.398 e. The van der Waals surface area contributed by atoms with E-state index in [1.165, 1.54) is 5.56 Å². The molecule has 0 aliphatic rings. The maximum atomic E-state index is 12.3. The van der Waals surface area contributed by atoms with Crippen LogP contribution in [0.3, 0.4) is 0 Å². The van der Waals surface area contributed by atoms with Gasteiger partial charge < -0.3 is 5.73 Å². The van der Waals surface area contributed by atoms with Gasteiger partial charge in [-0.25, -0.2) is 0 Å². The van der Waals surface area contributed by atoms with Gasteiger partial charge in [0.05, 0.1) is 10.7 Å². The van der Waals surface area contributed by atoms with Crippen molar-refractivity contribution in [3.8, 4) is 0 Å². The van der Waals surface area contributed by atoms with E-state index < -0.39 is 0 Å².